The number of nitrogens with one attached hydrogen (secondary N) is 2. The Balaban J connectivity index is 1.90. The van der Waals surface area contributed by atoms with Crippen LogP contribution < -0.4 is 10.6 Å². The molecule has 0 radical (unpaired) electrons. The molecule has 1 aliphatic carbocycles. The maximum Gasteiger partial charge on any atom is 0.221 e. The molecule has 1 aromatic carbocycles. The largest absolute Gasteiger partial charge is 0.341 e. The monoisotopic (exact) mass is 735 g/mol. The van der Waals surface area contributed by atoms with Crippen LogP contribution >= 0.6 is 34.2 Å². The van der Waals surface area contributed by atoms with Gasteiger partial charge in [-0.3, -0.25) is 19.4 Å². The van der Waals surface area contributed by atoms with Crippen molar-refractivity contribution in [3.63, 3.8) is 0 Å². The van der Waals surface area contributed by atoms with Gasteiger partial charge in [0.1, 0.15) is 5.78 Å². The summed E-state index contributed by atoms with van der Waals surface area (Å²) in [5.41, 5.74) is 5.17. The second-order valence-corrected chi connectivity index (χ2v) is 13.7. The fourth-order valence-corrected chi connectivity index (χ4v) is 6.03. The lowest BCUT2D eigenvalue weighted by molar-refractivity contribution is -0.123. The number of rotatable bonds is 14. The Hall–Kier alpha value is -2.10. The van der Waals surface area contributed by atoms with Gasteiger partial charge < -0.3 is 10.6 Å². The van der Waals surface area contributed by atoms with Gasteiger partial charge in [-0.25, -0.2) is 0 Å². The number of allylic oxidation sites excluding steroid dienone is 6. The number of amides is 1. The van der Waals surface area contributed by atoms with E-state index in [0.717, 1.165) is 36.4 Å². The lowest BCUT2D eigenvalue weighted by Gasteiger charge is -2.21. The van der Waals surface area contributed by atoms with Crippen molar-refractivity contribution in [3.05, 3.63) is 63.8 Å². The van der Waals surface area contributed by atoms with E-state index in [2.05, 4.69) is 85.2 Å². The summed E-state index contributed by atoms with van der Waals surface area (Å²) < 4.78 is -0.0521. The molecule has 0 fully saturated rings. The van der Waals surface area contributed by atoms with E-state index in [1.54, 1.807) is 0 Å². The lowest BCUT2D eigenvalue weighted by Crippen LogP contribution is -2.44. The van der Waals surface area contributed by atoms with Gasteiger partial charge in [-0.1, -0.05) is 79.2 Å². The zero-order valence-corrected chi connectivity index (χ0v) is 30.3. The molecule has 0 saturated carbocycles. The standard InChI is InChI=1S/C36H51ClIN3O3/c1-7-27(30(8-2)28-16-18-29(37)19-17-28)12-9-10-15-35(39-6)41-36(44)22-24(3)25(4)23-40-32-21-20-31(38)34(43)14-11-13-33(42)26(32)5/h8,12,16-19,23-25,31,35,39H,7,9-11,13-15,20-22H2,1-6H3,(H,41,44)/b27-12-,30-8-,32-26+,40-23-. The van der Waals surface area contributed by atoms with Crippen molar-refractivity contribution in [1.82, 2.24) is 10.6 Å². The number of carbonyl (C=O) groups excluding carboxylic acids is 3. The minimum absolute atomic E-state index is 0.0105. The molecule has 1 aromatic rings. The summed E-state index contributed by atoms with van der Waals surface area (Å²) >= 11 is 8.29. The number of ketones is 2. The van der Waals surface area contributed by atoms with Gasteiger partial charge in [0.15, 0.2) is 5.78 Å². The summed E-state index contributed by atoms with van der Waals surface area (Å²) in [7, 11) is 1.87. The molecular weight excluding hydrogens is 685 g/mol. The molecule has 0 heterocycles. The number of hydrogen-bond donors (Lipinski definition) is 2. The number of unbranched alkanes of at least 4 members (excludes halogenated alkanes) is 1. The average Bonchev–Trinajstić information content (AvgIpc) is 3.01. The molecule has 4 atom stereocenters. The Morgan fingerprint density at radius 2 is 1.86 bits per heavy atom. The highest BCUT2D eigenvalue weighted by molar-refractivity contribution is 14.1. The Bertz CT molecular complexity index is 1240. The maximum atomic E-state index is 12.9. The smallest absolute Gasteiger partial charge is 0.221 e. The van der Waals surface area contributed by atoms with Crippen LogP contribution in [0.3, 0.4) is 0 Å². The molecular formula is C36H51ClIN3O3. The van der Waals surface area contributed by atoms with Crippen molar-refractivity contribution in [2.45, 2.75) is 109 Å². The van der Waals surface area contributed by atoms with Crippen LogP contribution in [0.15, 0.2) is 58.3 Å². The van der Waals surface area contributed by atoms with Crippen LogP contribution in [0.4, 0.5) is 0 Å². The van der Waals surface area contributed by atoms with Crippen LogP contribution in [0.2, 0.25) is 5.02 Å². The first-order valence-electron chi connectivity index (χ1n) is 16.0. The van der Waals surface area contributed by atoms with E-state index in [-0.39, 0.29) is 39.4 Å². The summed E-state index contributed by atoms with van der Waals surface area (Å²) in [6, 6.07) is 7.97. The SMILES string of the molecule is C/C=C(/C(=C\CCCC(NC)NC(=O)CC(C)C(C)/C=N\C1=C(/C)C(=O)CCCC(=O)C(I)CC1)CC)c1ccc(Cl)cc1. The van der Waals surface area contributed by atoms with Gasteiger partial charge in [0.25, 0.3) is 0 Å². The minimum atomic E-state index is -0.0970. The summed E-state index contributed by atoms with van der Waals surface area (Å²) in [6.07, 6.45) is 13.0. The Labute approximate surface area is 283 Å². The fraction of sp³-hybridized carbons (Fsp3) is 0.556. The number of Topliss-reactive ketones (excluding diaryl/α,β-unsaturated/α-hetero) is 2. The molecule has 0 saturated heterocycles. The predicted octanol–water partition coefficient (Wildman–Crippen LogP) is 8.82. The van der Waals surface area contributed by atoms with E-state index in [0.29, 0.717) is 44.1 Å². The predicted molar refractivity (Wildman–Crippen MR) is 193 cm³/mol. The Morgan fingerprint density at radius 1 is 1.16 bits per heavy atom. The third-order valence-electron chi connectivity index (χ3n) is 8.47. The molecule has 0 aliphatic heterocycles. The van der Waals surface area contributed by atoms with Gasteiger partial charge in [0.2, 0.25) is 5.91 Å². The molecule has 2 N–H and O–H groups in total. The topological polar surface area (TPSA) is 87.6 Å². The zero-order valence-electron chi connectivity index (χ0n) is 27.3. The zero-order chi connectivity index (χ0) is 32.6. The number of halogens is 2. The first-order valence-corrected chi connectivity index (χ1v) is 17.6. The number of benzene rings is 1. The summed E-state index contributed by atoms with van der Waals surface area (Å²) in [6.45, 7) is 10.2. The van der Waals surface area contributed by atoms with Gasteiger partial charge in [-0.05, 0) is 107 Å². The van der Waals surface area contributed by atoms with Crippen molar-refractivity contribution in [2.75, 3.05) is 7.05 Å². The highest BCUT2D eigenvalue weighted by Gasteiger charge is 2.21. The Kier molecular flexibility index (Phi) is 17.4. The van der Waals surface area contributed by atoms with Gasteiger partial charge in [-0.2, -0.15) is 0 Å². The summed E-state index contributed by atoms with van der Waals surface area (Å²) in [4.78, 5) is 42.6. The first-order chi connectivity index (χ1) is 21.0. The van der Waals surface area contributed by atoms with E-state index in [9.17, 15) is 14.4 Å². The average molecular weight is 736 g/mol. The number of nitrogens with zero attached hydrogens (tertiary/aromatic N) is 1. The maximum absolute atomic E-state index is 12.9. The third kappa shape index (κ3) is 12.7. The van der Waals surface area contributed by atoms with E-state index in [4.69, 9.17) is 16.6 Å². The summed E-state index contributed by atoms with van der Waals surface area (Å²) in [5, 5.41) is 7.13. The van der Waals surface area contributed by atoms with Crippen LogP contribution in [-0.4, -0.2) is 40.8 Å². The van der Waals surface area contributed by atoms with Crippen molar-refractivity contribution in [3.8, 4) is 0 Å². The highest BCUT2D eigenvalue weighted by Crippen LogP contribution is 2.28. The van der Waals surface area contributed by atoms with Crippen molar-refractivity contribution >= 4 is 63.5 Å². The third-order valence-corrected chi connectivity index (χ3v) is 10.0. The lowest BCUT2D eigenvalue weighted by atomic mass is 9.93. The molecule has 242 valence electrons. The molecule has 0 aromatic heterocycles. The van der Waals surface area contributed by atoms with E-state index >= 15 is 0 Å². The van der Waals surface area contributed by atoms with Crippen molar-refractivity contribution in [1.29, 1.82) is 0 Å². The van der Waals surface area contributed by atoms with E-state index in [1.165, 1.54) is 16.7 Å². The fourth-order valence-electron chi connectivity index (χ4n) is 5.29. The molecule has 8 heteroatoms. The van der Waals surface area contributed by atoms with Crippen LogP contribution in [0, 0.1) is 11.8 Å². The van der Waals surface area contributed by atoms with Crippen LogP contribution in [0.5, 0.6) is 0 Å². The molecule has 0 bridgehead atoms. The number of carbonyl (C=O) groups is 3. The number of alkyl halides is 1. The normalized spacial score (nSPS) is 21.3. The van der Waals surface area contributed by atoms with Gasteiger partial charge in [-0.15, -0.1) is 0 Å². The van der Waals surface area contributed by atoms with Gasteiger partial charge >= 0.3 is 0 Å². The van der Waals surface area contributed by atoms with Crippen molar-refractivity contribution in [2.24, 2.45) is 16.8 Å². The Morgan fingerprint density at radius 3 is 2.50 bits per heavy atom. The van der Waals surface area contributed by atoms with E-state index in [1.807, 2.05) is 32.3 Å². The number of hydrogen-bond acceptors (Lipinski definition) is 5. The second kappa shape index (κ2) is 20.1. The molecule has 4 unspecified atom stereocenters. The second-order valence-electron chi connectivity index (χ2n) is 11.8. The first kappa shape index (κ1) is 38.1. The minimum Gasteiger partial charge on any atom is -0.341 e. The van der Waals surface area contributed by atoms with Gasteiger partial charge in [0.05, 0.1) is 10.1 Å². The van der Waals surface area contributed by atoms with Crippen LogP contribution in [0.1, 0.15) is 104 Å². The van der Waals surface area contributed by atoms with Crippen LogP contribution in [-0.2, 0) is 14.4 Å². The van der Waals surface area contributed by atoms with Gasteiger partial charge in [0, 0.05) is 41.8 Å². The van der Waals surface area contributed by atoms with Crippen LogP contribution in [0.25, 0.3) is 5.57 Å². The molecule has 0 spiro atoms. The number of aliphatic imine (C=N–C) groups is 1. The molecule has 44 heavy (non-hydrogen) atoms. The molecule has 2 rings (SSSR count). The molecule has 1 aliphatic rings. The van der Waals surface area contributed by atoms with E-state index < -0.39 is 0 Å². The quantitative estimate of drug-likeness (QED) is 0.0500. The molecule has 1 amide bonds. The molecule has 6 nitrogen and oxygen atoms in total. The highest BCUT2D eigenvalue weighted by atomic mass is 127. The summed E-state index contributed by atoms with van der Waals surface area (Å²) in [5.74, 6) is 0.425. The van der Waals surface area contributed by atoms with Crippen molar-refractivity contribution < 1.29 is 14.4 Å².